The summed E-state index contributed by atoms with van der Waals surface area (Å²) in [6, 6.07) is 17.9. The topological polar surface area (TPSA) is 63.2 Å². The Morgan fingerprint density at radius 1 is 1.04 bits per heavy atom. The van der Waals surface area contributed by atoms with Crippen LogP contribution in [-0.2, 0) is 13.0 Å². The molecule has 5 heteroatoms. The number of carbonyl (C=O) groups excluding carboxylic acids is 1. The van der Waals surface area contributed by atoms with Gasteiger partial charge in [0, 0.05) is 25.5 Å². The van der Waals surface area contributed by atoms with Crippen LogP contribution in [0.5, 0.6) is 5.75 Å². The van der Waals surface area contributed by atoms with Crippen molar-refractivity contribution in [1.29, 1.82) is 0 Å². The van der Waals surface area contributed by atoms with E-state index in [0.29, 0.717) is 12.1 Å². The summed E-state index contributed by atoms with van der Waals surface area (Å²) >= 11 is 0. The van der Waals surface area contributed by atoms with Crippen molar-refractivity contribution in [1.82, 2.24) is 10.3 Å². The van der Waals surface area contributed by atoms with Crippen molar-refractivity contribution < 1.29 is 9.53 Å². The van der Waals surface area contributed by atoms with E-state index in [4.69, 9.17) is 4.74 Å². The van der Waals surface area contributed by atoms with Crippen LogP contribution in [0.4, 0.5) is 5.69 Å². The minimum Gasteiger partial charge on any atom is -0.497 e. The highest BCUT2D eigenvalue weighted by atomic mass is 16.5. The molecule has 0 aliphatic carbocycles. The van der Waals surface area contributed by atoms with E-state index in [1.165, 1.54) is 11.1 Å². The number of aromatic nitrogens is 1. The molecule has 0 aliphatic rings. The normalized spacial score (nSPS) is 10.4. The van der Waals surface area contributed by atoms with Crippen molar-refractivity contribution in [2.24, 2.45) is 0 Å². The van der Waals surface area contributed by atoms with Gasteiger partial charge in [0.15, 0.2) is 0 Å². The van der Waals surface area contributed by atoms with Crippen molar-refractivity contribution in [2.75, 3.05) is 19.0 Å². The van der Waals surface area contributed by atoms with Gasteiger partial charge >= 0.3 is 0 Å². The molecule has 2 N–H and O–H groups in total. The number of nitrogens with one attached hydrogen (secondary N) is 2. The molecule has 0 atom stereocenters. The zero-order valence-corrected chi connectivity index (χ0v) is 16.2. The monoisotopic (exact) mass is 375 g/mol. The van der Waals surface area contributed by atoms with Crippen LogP contribution in [0.15, 0.2) is 67.0 Å². The molecule has 0 bridgehead atoms. The smallest absolute Gasteiger partial charge is 0.253 e. The molecule has 0 radical (unpaired) electrons. The van der Waals surface area contributed by atoms with E-state index in [-0.39, 0.29) is 5.91 Å². The Morgan fingerprint density at radius 3 is 2.68 bits per heavy atom. The lowest BCUT2D eigenvalue weighted by atomic mass is 10.1. The fourth-order valence-corrected chi connectivity index (χ4v) is 2.95. The highest BCUT2D eigenvalue weighted by Gasteiger charge is 2.07. The third kappa shape index (κ3) is 5.58. The van der Waals surface area contributed by atoms with Crippen LogP contribution in [0, 0.1) is 6.92 Å². The molecule has 0 aliphatic heterocycles. The number of ether oxygens (including phenoxy) is 1. The van der Waals surface area contributed by atoms with Crippen LogP contribution in [-0.4, -0.2) is 24.5 Å². The number of nitrogens with zero attached hydrogens (tertiary/aromatic N) is 1. The molecular formula is C23H25N3O2. The third-order valence-electron chi connectivity index (χ3n) is 4.41. The summed E-state index contributed by atoms with van der Waals surface area (Å²) in [6.45, 7) is 3.27. The highest BCUT2D eigenvalue weighted by molar-refractivity contribution is 5.94. The number of benzene rings is 2. The second kappa shape index (κ2) is 9.55. The van der Waals surface area contributed by atoms with E-state index in [1.807, 2.05) is 49.4 Å². The molecule has 28 heavy (non-hydrogen) atoms. The number of pyridine rings is 1. The van der Waals surface area contributed by atoms with Gasteiger partial charge in [-0.25, -0.2) is 0 Å². The molecule has 1 heterocycles. The standard InChI is InChI=1S/C23H25N3O2/c1-17-5-3-7-19(11-17)14-26-23(27)20-13-21(16-24-15-20)25-10-9-18-6-4-8-22(12-18)28-2/h3-8,11-13,15-16,25H,9-10,14H2,1-2H3,(H,26,27). The van der Waals surface area contributed by atoms with Gasteiger partial charge in [0.25, 0.3) is 5.91 Å². The highest BCUT2D eigenvalue weighted by Crippen LogP contribution is 2.14. The fraction of sp³-hybridized carbons (Fsp3) is 0.217. The SMILES string of the molecule is COc1cccc(CCNc2cncc(C(=O)NCc3cccc(C)c3)c2)c1. The first-order valence-electron chi connectivity index (χ1n) is 9.29. The van der Waals surface area contributed by atoms with Crippen molar-refractivity contribution >= 4 is 11.6 Å². The number of hydrogen-bond donors (Lipinski definition) is 2. The summed E-state index contributed by atoms with van der Waals surface area (Å²) in [5.74, 6) is 0.719. The van der Waals surface area contributed by atoms with Crippen molar-refractivity contribution in [3.63, 3.8) is 0 Å². The molecule has 0 fully saturated rings. The molecule has 0 saturated heterocycles. The van der Waals surface area contributed by atoms with Crippen LogP contribution in [0.3, 0.4) is 0 Å². The Hall–Kier alpha value is -3.34. The van der Waals surface area contributed by atoms with Crippen LogP contribution < -0.4 is 15.4 Å². The van der Waals surface area contributed by atoms with Gasteiger partial charge in [0.2, 0.25) is 0 Å². The van der Waals surface area contributed by atoms with Crippen LogP contribution >= 0.6 is 0 Å². The van der Waals surface area contributed by atoms with Gasteiger partial charge in [-0.2, -0.15) is 0 Å². The fourth-order valence-electron chi connectivity index (χ4n) is 2.95. The molecule has 0 unspecified atom stereocenters. The maximum Gasteiger partial charge on any atom is 0.253 e. The Morgan fingerprint density at radius 2 is 1.86 bits per heavy atom. The molecule has 1 aromatic heterocycles. The molecular weight excluding hydrogens is 350 g/mol. The quantitative estimate of drug-likeness (QED) is 0.625. The predicted molar refractivity (Wildman–Crippen MR) is 112 cm³/mol. The third-order valence-corrected chi connectivity index (χ3v) is 4.41. The summed E-state index contributed by atoms with van der Waals surface area (Å²) in [5.41, 5.74) is 4.81. The van der Waals surface area contributed by atoms with Crippen molar-refractivity contribution in [3.8, 4) is 5.75 Å². The van der Waals surface area contributed by atoms with Gasteiger partial charge in [-0.3, -0.25) is 9.78 Å². The molecule has 3 aromatic rings. The molecule has 0 spiro atoms. The second-order valence-electron chi connectivity index (χ2n) is 6.66. The average Bonchev–Trinajstić information content (AvgIpc) is 2.72. The Labute approximate surface area is 165 Å². The summed E-state index contributed by atoms with van der Waals surface area (Å²) in [6.07, 6.45) is 4.16. The lowest BCUT2D eigenvalue weighted by Crippen LogP contribution is -2.23. The van der Waals surface area contributed by atoms with Gasteiger partial charge in [-0.05, 0) is 42.7 Å². The maximum absolute atomic E-state index is 12.4. The van der Waals surface area contributed by atoms with Gasteiger partial charge in [0.05, 0.1) is 18.4 Å². The number of methoxy groups -OCH3 is 1. The first kappa shape index (κ1) is 19.4. The zero-order valence-electron chi connectivity index (χ0n) is 16.2. The minimum absolute atomic E-state index is 0.134. The van der Waals surface area contributed by atoms with E-state index in [2.05, 4.69) is 27.8 Å². The summed E-state index contributed by atoms with van der Waals surface area (Å²) in [7, 11) is 1.67. The Balaban J connectivity index is 1.53. The zero-order chi connectivity index (χ0) is 19.8. The average molecular weight is 375 g/mol. The van der Waals surface area contributed by atoms with Crippen LogP contribution in [0.25, 0.3) is 0 Å². The second-order valence-corrected chi connectivity index (χ2v) is 6.66. The molecule has 1 amide bonds. The minimum atomic E-state index is -0.134. The lowest BCUT2D eigenvalue weighted by molar-refractivity contribution is 0.0950. The molecule has 3 rings (SSSR count). The van der Waals surface area contributed by atoms with E-state index in [9.17, 15) is 4.79 Å². The maximum atomic E-state index is 12.4. The number of amides is 1. The molecule has 5 nitrogen and oxygen atoms in total. The first-order chi connectivity index (χ1) is 13.6. The molecule has 0 saturated carbocycles. The van der Waals surface area contributed by atoms with Gasteiger partial charge in [0.1, 0.15) is 5.75 Å². The number of carbonyl (C=O) groups is 1. The Kier molecular flexibility index (Phi) is 6.63. The van der Waals surface area contributed by atoms with Gasteiger partial charge in [-0.1, -0.05) is 42.0 Å². The summed E-state index contributed by atoms with van der Waals surface area (Å²) in [4.78, 5) is 16.6. The molecule has 2 aromatic carbocycles. The number of anilines is 1. The Bertz CT molecular complexity index is 940. The predicted octanol–water partition coefficient (Wildman–Crippen LogP) is 3.98. The van der Waals surface area contributed by atoms with Crippen molar-refractivity contribution in [2.45, 2.75) is 19.9 Å². The van der Waals surface area contributed by atoms with Crippen LogP contribution in [0.2, 0.25) is 0 Å². The van der Waals surface area contributed by atoms with Gasteiger partial charge < -0.3 is 15.4 Å². The molecule has 144 valence electrons. The lowest BCUT2D eigenvalue weighted by Gasteiger charge is -2.10. The first-order valence-corrected chi connectivity index (χ1v) is 9.29. The van der Waals surface area contributed by atoms with E-state index >= 15 is 0 Å². The van der Waals surface area contributed by atoms with Gasteiger partial charge in [-0.15, -0.1) is 0 Å². The van der Waals surface area contributed by atoms with E-state index in [0.717, 1.165) is 30.0 Å². The number of aryl methyl sites for hydroxylation is 1. The number of rotatable bonds is 8. The van der Waals surface area contributed by atoms with Crippen LogP contribution in [0.1, 0.15) is 27.0 Å². The van der Waals surface area contributed by atoms with E-state index < -0.39 is 0 Å². The largest absolute Gasteiger partial charge is 0.497 e. The number of hydrogen-bond acceptors (Lipinski definition) is 4. The summed E-state index contributed by atoms with van der Waals surface area (Å²) < 4.78 is 5.25. The van der Waals surface area contributed by atoms with Crippen molar-refractivity contribution in [3.05, 3.63) is 89.2 Å². The summed E-state index contributed by atoms with van der Waals surface area (Å²) in [5, 5.41) is 6.27. The van der Waals surface area contributed by atoms with E-state index in [1.54, 1.807) is 19.5 Å².